The standard InChI is InChI=1S/C27H32O10/c1-7-13(2)25(30)37-21-15(4)14(3)8-16(9-19(28)32-5)27(24(29)26(31)33-6)11-34-23-20(27)17(21)10-18-22(23)36-12-35-18/h9-10,13-15,21H,7-8,11-12H2,1-6H3/b16-9-/t13?,14-,15+,21-,27?/m1/s1. The normalized spacial score (nSPS) is 27.3. The summed E-state index contributed by atoms with van der Waals surface area (Å²) in [5.41, 5.74) is -0.606. The van der Waals surface area contributed by atoms with Crippen molar-refractivity contribution in [1.82, 2.24) is 0 Å². The summed E-state index contributed by atoms with van der Waals surface area (Å²) in [7, 11) is 2.35. The summed E-state index contributed by atoms with van der Waals surface area (Å²) in [6.45, 7) is 7.21. The molecule has 10 heteroatoms. The fourth-order valence-corrected chi connectivity index (χ4v) is 5.18. The molecule has 0 saturated carbocycles. The summed E-state index contributed by atoms with van der Waals surface area (Å²) < 4.78 is 33.2. The molecule has 2 aliphatic heterocycles. The first kappa shape index (κ1) is 26.5. The molecule has 0 saturated heterocycles. The largest absolute Gasteiger partial charge is 0.487 e. The lowest BCUT2D eigenvalue weighted by Crippen LogP contribution is -2.47. The van der Waals surface area contributed by atoms with Gasteiger partial charge in [0.15, 0.2) is 11.5 Å². The van der Waals surface area contributed by atoms with E-state index in [1.807, 2.05) is 20.8 Å². The Bertz CT molecular complexity index is 1170. The first-order valence-electron chi connectivity index (χ1n) is 12.3. The van der Waals surface area contributed by atoms with Crippen molar-refractivity contribution in [3.8, 4) is 17.2 Å². The van der Waals surface area contributed by atoms with Crippen molar-refractivity contribution >= 4 is 23.7 Å². The summed E-state index contributed by atoms with van der Waals surface area (Å²) in [4.78, 5) is 52.1. The molecule has 5 atom stereocenters. The SMILES string of the molecule is CCC(C)C(=O)O[C@H]1c2cc3c(c4c2C(C(=O)C(=O)OC)(CO4)/C(=C\C(=O)OC)C[C@@H](C)[C@@H]1C)OCO3. The molecule has 0 bridgehead atoms. The molecule has 0 aromatic heterocycles. The minimum atomic E-state index is -1.72. The monoisotopic (exact) mass is 516 g/mol. The first-order valence-corrected chi connectivity index (χ1v) is 12.3. The minimum Gasteiger partial charge on any atom is -0.487 e. The Labute approximate surface area is 215 Å². The first-order chi connectivity index (χ1) is 17.6. The third-order valence-electron chi connectivity index (χ3n) is 7.79. The predicted octanol–water partition coefficient (Wildman–Crippen LogP) is 3.19. The van der Waals surface area contributed by atoms with Crippen LogP contribution in [0.2, 0.25) is 0 Å². The van der Waals surface area contributed by atoms with E-state index in [0.717, 1.165) is 7.11 Å². The number of esters is 3. The summed E-state index contributed by atoms with van der Waals surface area (Å²) in [6.07, 6.45) is 1.27. The van der Waals surface area contributed by atoms with Gasteiger partial charge in [-0.15, -0.1) is 0 Å². The van der Waals surface area contributed by atoms with E-state index < -0.39 is 29.2 Å². The lowest BCUT2D eigenvalue weighted by molar-refractivity contribution is -0.158. The van der Waals surface area contributed by atoms with Crippen LogP contribution in [0.15, 0.2) is 17.7 Å². The highest BCUT2D eigenvalue weighted by Gasteiger charge is 2.58. The van der Waals surface area contributed by atoms with Crippen LogP contribution in [0.25, 0.3) is 0 Å². The van der Waals surface area contributed by atoms with E-state index in [9.17, 15) is 19.2 Å². The second-order valence-corrected chi connectivity index (χ2v) is 9.82. The van der Waals surface area contributed by atoms with Crippen molar-refractivity contribution in [2.75, 3.05) is 27.6 Å². The van der Waals surface area contributed by atoms with Crippen LogP contribution in [0.1, 0.15) is 57.8 Å². The van der Waals surface area contributed by atoms with Crippen LogP contribution < -0.4 is 14.2 Å². The summed E-state index contributed by atoms with van der Waals surface area (Å²) in [6, 6.07) is 1.67. The molecule has 2 heterocycles. The smallest absolute Gasteiger partial charge is 0.375 e. The Balaban J connectivity index is 2.06. The fraction of sp³-hybridized carbons (Fsp3) is 0.556. The van der Waals surface area contributed by atoms with Crippen molar-refractivity contribution in [2.45, 2.75) is 52.1 Å². The molecule has 1 aromatic rings. The van der Waals surface area contributed by atoms with E-state index in [0.29, 0.717) is 28.9 Å². The van der Waals surface area contributed by atoms with E-state index in [2.05, 4.69) is 0 Å². The zero-order chi connectivity index (χ0) is 27.1. The van der Waals surface area contributed by atoms with E-state index >= 15 is 0 Å². The van der Waals surface area contributed by atoms with E-state index in [-0.39, 0.29) is 55.0 Å². The minimum absolute atomic E-state index is 0.0688. The van der Waals surface area contributed by atoms with Crippen LogP contribution in [0.5, 0.6) is 17.2 Å². The second kappa shape index (κ2) is 10.1. The Morgan fingerprint density at radius 3 is 2.49 bits per heavy atom. The van der Waals surface area contributed by atoms with Gasteiger partial charge in [0.2, 0.25) is 12.5 Å². The Morgan fingerprint density at radius 2 is 1.84 bits per heavy atom. The van der Waals surface area contributed by atoms with E-state index in [1.54, 1.807) is 13.0 Å². The van der Waals surface area contributed by atoms with Gasteiger partial charge in [-0.25, -0.2) is 9.59 Å². The third-order valence-corrected chi connectivity index (χ3v) is 7.79. The Hall–Kier alpha value is -3.56. The molecular formula is C27H32O10. The molecule has 0 radical (unpaired) electrons. The number of ether oxygens (including phenoxy) is 6. The second-order valence-electron chi connectivity index (χ2n) is 9.82. The molecule has 0 fully saturated rings. The van der Waals surface area contributed by atoms with Gasteiger partial charge in [0.05, 0.1) is 20.1 Å². The van der Waals surface area contributed by atoms with Crippen molar-refractivity contribution in [3.05, 3.63) is 28.8 Å². The maximum Gasteiger partial charge on any atom is 0.375 e. The number of hydrogen-bond donors (Lipinski definition) is 0. The Kier molecular flexibility index (Phi) is 7.21. The molecule has 37 heavy (non-hydrogen) atoms. The molecule has 2 unspecified atom stereocenters. The molecular weight excluding hydrogens is 484 g/mol. The van der Waals surface area contributed by atoms with Gasteiger partial charge in [-0.2, -0.15) is 0 Å². The summed E-state index contributed by atoms with van der Waals surface area (Å²) in [5, 5.41) is 0. The van der Waals surface area contributed by atoms with Crippen LogP contribution >= 0.6 is 0 Å². The van der Waals surface area contributed by atoms with Crippen molar-refractivity contribution in [1.29, 1.82) is 0 Å². The predicted molar refractivity (Wildman–Crippen MR) is 128 cm³/mol. The highest BCUT2D eigenvalue weighted by molar-refractivity contribution is 6.38. The van der Waals surface area contributed by atoms with Crippen molar-refractivity contribution < 1.29 is 47.6 Å². The highest BCUT2D eigenvalue weighted by Crippen LogP contribution is 2.59. The molecule has 3 aliphatic rings. The third kappa shape index (κ3) is 4.22. The van der Waals surface area contributed by atoms with E-state index in [1.165, 1.54) is 13.2 Å². The van der Waals surface area contributed by atoms with Gasteiger partial charge in [0, 0.05) is 23.1 Å². The number of Topliss-reactive ketones (excluding diaryl/α,β-unsaturated/α-hetero) is 1. The van der Waals surface area contributed by atoms with Crippen LogP contribution in [-0.4, -0.2) is 51.3 Å². The average Bonchev–Trinajstić information content (AvgIpc) is 3.53. The van der Waals surface area contributed by atoms with Gasteiger partial charge in [0.25, 0.3) is 5.78 Å². The molecule has 1 aliphatic carbocycles. The number of carbonyl (C=O) groups excluding carboxylic acids is 4. The topological polar surface area (TPSA) is 124 Å². The van der Waals surface area contributed by atoms with Gasteiger partial charge in [-0.1, -0.05) is 27.7 Å². The number of methoxy groups -OCH3 is 2. The molecule has 0 amide bonds. The molecule has 1 aromatic carbocycles. The quantitative estimate of drug-likeness (QED) is 0.241. The summed E-state index contributed by atoms with van der Waals surface area (Å²) in [5.74, 6) is -2.96. The van der Waals surface area contributed by atoms with Gasteiger partial charge in [-0.05, 0) is 30.4 Å². The van der Waals surface area contributed by atoms with Gasteiger partial charge in [-0.3, -0.25) is 9.59 Å². The van der Waals surface area contributed by atoms with Crippen molar-refractivity contribution in [2.24, 2.45) is 17.8 Å². The fourth-order valence-electron chi connectivity index (χ4n) is 5.18. The zero-order valence-electron chi connectivity index (χ0n) is 21.9. The van der Waals surface area contributed by atoms with Gasteiger partial charge in [0.1, 0.15) is 18.1 Å². The number of ketones is 1. The number of fused-ring (bicyclic) bond motifs is 2. The van der Waals surface area contributed by atoms with Gasteiger partial charge < -0.3 is 28.4 Å². The lowest BCUT2D eigenvalue weighted by atomic mass is 9.63. The highest BCUT2D eigenvalue weighted by atomic mass is 16.7. The maximum absolute atomic E-state index is 13.9. The number of carbonyl (C=O) groups is 4. The molecule has 10 nitrogen and oxygen atoms in total. The zero-order valence-corrected chi connectivity index (χ0v) is 21.9. The molecule has 0 spiro atoms. The number of benzene rings is 1. The van der Waals surface area contributed by atoms with Crippen LogP contribution in [0, 0.1) is 17.8 Å². The number of hydrogen-bond acceptors (Lipinski definition) is 10. The Morgan fingerprint density at radius 1 is 1.11 bits per heavy atom. The lowest BCUT2D eigenvalue weighted by Gasteiger charge is -2.39. The van der Waals surface area contributed by atoms with Crippen molar-refractivity contribution in [3.63, 3.8) is 0 Å². The molecule has 4 rings (SSSR count). The van der Waals surface area contributed by atoms with Crippen LogP contribution in [0.3, 0.4) is 0 Å². The maximum atomic E-state index is 13.9. The van der Waals surface area contributed by atoms with Crippen LogP contribution in [-0.2, 0) is 38.8 Å². The molecule has 200 valence electrons. The molecule has 0 N–H and O–H groups in total. The van der Waals surface area contributed by atoms with Crippen LogP contribution in [0.4, 0.5) is 0 Å². The average molecular weight is 517 g/mol. The summed E-state index contributed by atoms with van der Waals surface area (Å²) >= 11 is 0. The van der Waals surface area contributed by atoms with Gasteiger partial charge >= 0.3 is 17.9 Å². The number of rotatable bonds is 6. The van der Waals surface area contributed by atoms with E-state index in [4.69, 9.17) is 28.4 Å².